The van der Waals surface area contributed by atoms with Crippen molar-refractivity contribution in [2.24, 2.45) is 5.41 Å². The van der Waals surface area contributed by atoms with Gasteiger partial charge in [-0.2, -0.15) is 0 Å². The number of likely N-dealkylation sites (tertiary alicyclic amines) is 1. The summed E-state index contributed by atoms with van der Waals surface area (Å²) in [6.07, 6.45) is 1.95. The number of esters is 1. The lowest BCUT2D eigenvalue weighted by Gasteiger charge is -2.39. The summed E-state index contributed by atoms with van der Waals surface area (Å²) in [5.41, 5.74) is 0.563. The molecule has 1 N–H and O–H groups in total. The molecule has 2 rings (SSSR count). The van der Waals surface area contributed by atoms with E-state index >= 15 is 0 Å². The second-order valence-corrected chi connectivity index (χ2v) is 7.64. The van der Waals surface area contributed by atoms with Crippen LogP contribution in [0.25, 0.3) is 0 Å². The molecule has 0 aliphatic carbocycles. The molecule has 1 aromatic rings. The highest BCUT2D eigenvalue weighted by Crippen LogP contribution is 2.24. The van der Waals surface area contributed by atoms with Gasteiger partial charge in [-0.1, -0.05) is 44.2 Å². The van der Waals surface area contributed by atoms with Crippen molar-refractivity contribution >= 4 is 11.9 Å². The summed E-state index contributed by atoms with van der Waals surface area (Å²) in [5, 5.41) is 3.13. The lowest BCUT2D eigenvalue weighted by molar-refractivity contribution is -0.147. The monoisotopic (exact) mass is 346 g/mol. The Morgan fingerprint density at radius 1 is 1.28 bits per heavy atom. The van der Waals surface area contributed by atoms with E-state index in [2.05, 4.69) is 46.1 Å². The van der Waals surface area contributed by atoms with Gasteiger partial charge in [-0.25, -0.2) is 0 Å². The highest BCUT2D eigenvalue weighted by Gasteiger charge is 2.34. The van der Waals surface area contributed by atoms with Gasteiger partial charge < -0.3 is 10.1 Å². The first-order valence-electron chi connectivity index (χ1n) is 8.97. The first-order chi connectivity index (χ1) is 11.8. The van der Waals surface area contributed by atoms with Crippen molar-refractivity contribution in [1.29, 1.82) is 0 Å². The van der Waals surface area contributed by atoms with E-state index in [-0.39, 0.29) is 24.3 Å². The number of nitrogens with zero attached hydrogens (tertiary/aromatic N) is 1. The third-order valence-corrected chi connectivity index (χ3v) is 5.01. The highest BCUT2D eigenvalue weighted by molar-refractivity contribution is 5.86. The Morgan fingerprint density at radius 2 is 1.96 bits per heavy atom. The molecular weight excluding hydrogens is 316 g/mol. The van der Waals surface area contributed by atoms with Gasteiger partial charge in [-0.15, -0.1) is 0 Å². The van der Waals surface area contributed by atoms with Crippen molar-refractivity contribution in [2.45, 2.75) is 58.7 Å². The second kappa shape index (κ2) is 8.48. The van der Waals surface area contributed by atoms with E-state index in [4.69, 9.17) is 0 Å². The van der Waals surface area contributed by atoms with Crippen molar-refractivity contribution in [3.05, 3.63) is 35.9 Å². The maximum Gasteiger partial charge on any atom is 0.306 e. The number of rotatable bonds is 6. The van der Waals surface area contributed by atoms with E-state index in [0.29, 0.717) is 6.04 Å². The van der Waals surface area contributed by atoms with Crippen LogP contribution in [0.2, 0.25) is 0 Å². The quantitative estimate of drug-likeness (QED) is 0.805. The Hall–Kier alpha value is -1.88. The molecule has 0 radical (unpaired) electrons. The van der Waals surface area contributed by atoms with Gasteiger partial charge in [0, 0.05) is 25.2 Å². The van der Waals surface area contributed by atoms with Gasteiger partial charge in [-0.3, -0.25) is 14.5 Å². The molecule has 1 saturated heterocycles. The average molecular weight is 346 g/mol. The molecule has 0 bridgehead atoms. The van der Waals surface area contributed by atoms with Crippen LogP contribution in [0.3, 0.4) is 0 Å². The molecule has 1 aliphatic rings. The van der Waals surface area contributed by atoms with Gasteiger partial charge in [-0.05, 0) is 25.3 Å². The fraction of sp³-hybridized carbons (Fsp3) is 0.600. The maximum absolute atomic E-state index is 12.5. The van der Waals surface area contributed by atoms with Crippen molar-refractivity contribution in [3.63, 3.8) is 0 Å². The minimum absolute atomic E-state index is 0.0772. The molecule has 1 amide bonds. The van der Waals surface area contributed by atoms with Crippen LogP contribution in [-0.2, 0) is 20.9 Å². The molecule has 0 aromatic heterocycles. The minimum Gasteiger partial charge on any atom is -0.469 e. The SMILES string of the molecule is COC(=O)CC(C)(C)C(=O)N[C@H]1CCN(Cc2ccccc2)[C@@H](C)C1. The van der Waals surface area contributed by atoms with Crippen molar-refractivity contribution in [1.82, 2.24) is 10.2 Å². The summed E-state index contributed by atoms with van der Waals surface area (Å²) in [4.78, 5) is 26.5. The second-order valence-electron chi connectivity index (χ2n) is 7.64. The fourth-order valence-electron chi connectivity index (χ4n) is 3.30. The van der Waals surface area contributed by atoms with Gasteiger partial charge in [0.05, 0.1) is 18.9 Å². The summed E-state index contributed by atoms with van der Waals surface area (Å²) >= 11 is 0. The van der Waals surface area contributed by atoms with Crippen LogP contribution in [0.15, 0.2) is 30.3 Å². The summed E-state index contributed by atoms with van der Waals surface area (Å²) in [7, 11) is 1.35. The van der Waals surface area contributed by atoms with Crippen molar-refractivity contribution in [2.75, 3.05) is 13.7 Å². The lowest BCUT2D eigenvalue weighted by atomic mass is 9.87. The third kappa shape index (κ3) is 5.56. The first kappa shape index (κ1) is 19.4. The summed E-state index contributed by atoms with van der Waals surface area (Å²) < 4.78 is 4.69. The van der Waals surface area contributed by atoms with Crippen LogP contribution in [0.1, 0.15) is 45.6 Å². The zero-order chi connectivity index (χ0) is 18.4. The average Bonchev–Trinajstić information content (AvgIpc) is 2.57. The number of methoxy groups -OCH3 is 1. The molecule has 1 heterocycles. The number of hydrogen-bond acceptors (Lipinski definition) is 4. The topological polar surface area (TPSA) is 58.6 Å². The van der Waals surface area contributed by atoms with E-state index in [1.165, 1.54) is 12.7 Å². The molecular formula is C20H30N2O3. The molecule has 0 spiro atoms. The lowest BCUT2D eigenvalue weighted by Crippen LogP contribution is -2.51. The van der Waals surface area contributed by atoms with Crippen molar-refractivity contribution in [3.8, 4) is 0 Å². The number of amides is 1. The summed E-state index contributed by atoms with van der Waals surface area (Å²) in [6, 6.07) is 11.0. The first-order valence-corrected chi connectivity index (χ1v) is 8.97. The largest absolute Gasteiger partial charge is 0.469 e. The van der Waals surface area contributed by atoms with E-state index in [0.717, 1.165) is 25.9 Å². The number of benzene rings is 1. The normalized spacial score (nSPS) is 21.6. The number of carbonyl (C=O) groups is 2. The van der Waals surface area contributed by atoms with Crippen LogP contribution in [0.5, 0.6) is 0 Å². The summed E-state index contributed by atoms with van der Waals surface area (Å²) in [6.45, 7) is 7.68. The van der Waals surface area contributed by atoms with Gasteiger partial charge >= 0.3 is 5.97 Å². The predicted octanol–water partition coefficient (Wildman–Crippen LogP) is 2.75. The van der Waals surface area contributed by atoms with Crippen LogP contribution in [0, 0.1) is 5.41 Å². The van der Waals surface area contributed by atoms with E-state index in [1.54, 1.807) is 13.8 Å². The third-order valence-electron chi connectivity index (χ3n) is 5.01. The molecule has 5 nitrogen and oxygen atoms in total. The Morgan fingerprint density at radius 3 is 2.56 bits per heavy atom. The molecule has 1 aromatic carbocycles. The van der Waals surface area contributed by atoms with E-state index in [1.807, 2.05) is 6.07 Å². The van der Waals surface area contributed by atoms with Gasteiger partial charge in [0.2, 0.25) is 5.91 Å². The number of ether oxygens (including phenoxy) is 1. The Balaban J connectivity index is 1.86. The fourth-order valence-corrected chi connectivity index (χ4v) is 3.30. The molecule has 1 aliphatic heterocycles. The zero-order valence-electron chi connectivity index (χ0n) is 15.7. The number of piperidine rings is 1. The summed E-state index contributed by atoms with van der Waals surface area (Å²) in [5.74, 6) is -0.433. The molecule has 0 saturated carbocycles. The van der Waals surface area contributed by atoms with E-state index in [9.17, 15) is 9.59 Å². The number of nitrogens with one attached hydrogen (secondary N) is 1. The standard InChI is InChI=1S/C20H30N2O3/c1-15-12-17(21-19(24)20(2,3)13-18(23)25-4)10-11-22(15)14-16-8-6-5-7-9-16/h5-9,15,17H,10-14H2,1-4H3,(H,21,24)/t15-,17-/m0/s1. The van der Waals surface area contributed by atoms with Crippen molar-refractivity contribution < 1.29 is 14.3 Å². The van der Waals surface area contributed by atoms with Crippen LogP contribution < -0.4 is 5.32 Å². The molecule has 2 atom stereocenters. The molecule has 5 heteroatoms. The smallest absolute Gasteiger partial charge is 0.306 e. The Kier molecular flexibility index (Phi) is 6.59. The molecule has 0 unspecified atom stereocenters. The molecule has 25 heavy (non-hydrogen) atoms. The Labute approximate surface area is 150 Å². The maximum atomic E-state index is 12.5. The van der Waals surface area contributed by atoms with Gasteiger partial charge in [0.15, 0.2) is 0 Å². The predicted molar refractivity (Wildman–Crippen MR) is 97.9 cm³/mol. The van der Waals surface area contributed by atoms with Crippen LogP contribution in [-0.4, -0.2) is 42.5 Å². The van der Waals surface area contributed by atoms with Crippen LogP contribution in [0.4, 0.5) is 0 Å². The number of hydrogen-bond donors (Lipinski definition) is 1. The Bertz CT molecular complexity index is 586. The van der Waals surface area contributed by atoms with Gasteiger partial charge in [0.1, 0.15) is 0 Å². The number of carbonyl (C=O) groups excluding carboxylic acids is 2. The molecule has 1 fully saturated rings. The van der Waals surface area contributed by atoms with E-state index < -0.39 is 5.41 Å². The molecule has 138 valence electrons. The minimum atomic E-state index is -0.752. The highest BCUT2D eigenvalue weighted by atomic mass is 16.5. The van der Waals surface area contributed by atoms with Crippen LogP contribution >= 0.6 is 0 Å². The zero-order valence-corrected chi connectivity index (χ0v) is 15.7. The van der Waals surface area contributed by atoms with Gasteiger partial charge in [0.25, 0.3) is 0 Å².